The van der Waals surface area contributed by atoms with E-state index in [1.165, 1.54) is 0 Å². The molecular formula is C17H21N5O3S. The van der Waals surface area contributed by atoms with Crippen molar-refractivity contribution in [2.24, 2.45) is 7.05 Å². The first kappa shape index (κ1) is 17.0. The molecule has 1 saturated heterocycles. The van der Waals surface area contributed by atoms with Gasteiger partial charge in [-0.3, -0.25) is 9.48 Å². The summed E-state index contributed by atoms with van der Waals surface area (Å²) < 4.78 is 30.1. The number of fused-ring (bicyclic) bond motifs is 3. The van der Waals surface area contributed by atoms with E-state index >= 15 is 0 Å². The maximum atomic E-state index is 12.9. The molecule has 9 heteroatoms. The summed E-state index contributed by atoms with van der Waals surface area (Å²) in [5.74, 6) is -0.0980. The maximum Gasteiger partial charge on any atom is 0.247 e. The van der Waals surface area contributed by atoms with Gasteiger partial charge in [0.15, 0.2) is 0 Å². The number of hydrogen-bond donors (Lipinski definition) is 2. The largest absolute Gasteiger partial charge is 0.356 e. The summed E-state index contributed by atoms with van der Waals surface area (Å²) in [6.45, 7) is 3.87. The van der Waals surface area contributed by atoms with Crippen LogP contribution in [0.4, 0.5) is 11.4 Å². The van der Waals surface area contributed by atoms with Crippen molar-refractivity contribution in [2.75, 3.05) is 16.8 Å². The molecule has 2 atom stereocenters. The topological polar surface area (TPSA) is 96.3 Å². The number of amides is 1. The van der Waals surface area contributed by atoms with Gasteiger partial charge in [0.25, 0.3) is 0 Å². The zero-order valence-corrected chi connectivity index (χ0v) is 15.7. The van der Waals surface area contributed by atoms with E-state index < -0.39 is 10.0 Å². The van der Waals surface area contributed by atoms with Gasteiger partial charge in [-0.05, 0) is 32.4 Å². The van der Waals surface area contributed by atoms with Crippen LogP contribution in [0.15, 0.2) is 29.2 Å². The first-order valence-corrected chi connectivity index (χ1v) is 9.95. The molecule has 2 aromatic rings. The number of para-hydroxylation sites is 2. The van der Waals surface area contributed by atoms with Crippen molar-refractivity contribution in [3.63, 3.8) is 0 Å². The Kier molecular flexibility index (Phi) is 3.81. The highest BCUT2D eigenvalue weighted by molar-refractivity contribution is 7.89. The van der Waals surface area contributed by atoms with Gasteiger partial charge in [-0.2, -0.15) is 5.10 Å². The van der Waals surface area contributed by atoms with Crippen LogP contribution in [0.3, 0.4) is 0 Å². The number of anilines is 2. The van der Waals surface area contributed by atoms with Crippen LogP contribution >= 0.6 is 0 Å². The van der Waals surface area contributed by atoms with E-state index in [9.17, 15) is 13.2 Å². The number of benzene rings is 1. The minimum absolute atomic E-state index is 0.0980. The quantitative estimate of drug-likeness (QED) is 0.831. The Hall–Kier alpha value is -2.39. The number of aryl methyl sites for hydroxylation is 2. The third-order valence-electron chi connectivity index (χ3n) is 5.11. The zero-order valence-electron chi connectivity index (χ0n) is 14.9. The van der Waals surface area contributed by atoms with Crippen molar-refractivity contribution in [1.82, 2.24) is 14.5 Å². The summed E-state index contributed by atoms with van der Waals surface area (Å²) in [7, 11) is -1.99. The molecule has 1 fully saturated rings. The molecule has 0 radical (unpaired) electrons. The lowest BCUT2D eigenvalue weighted by Gasteiger charge is -2.32. The number of nitrogens with zero attached hydrogens (tertiary/aromatic N) is 3. The van der Waals surface area contributed by atoms with Gasteiger partial charge < -0.3 is 10.2 Å². The Morgan fingerprint density at radius 2 is 2.00 bits per heavy atom. The third-order valence-corrected chi connectivity index (χ3v) is 6.88. The van der Waals surface area contributed by atoms with Crippen LogP contribution in [0, 0.1) is 13.8 Å². The molecule has 1 amide bonds. The molecule has 2 N–H and O–H groups in total. The first-order valence-electron chi connectivity index (χ1n) is 8.47. The maximum absolute atomic E-state index is 12.9. The van der Waals surface area contributed by atoms with Crippen molar-refractivity contribution in [3.05, 3.63) is 35.7 Å². The van der Waals surface area contributed by atoms with E-state index in [4.69, 9.17) is 0 Å². The number of carbonyl (C=O) groups is 1. The average Bonchev–Trinajstić information content (AvgIpc) is 3.09. The monoisotopic (exact) mass is 375 g/mol. The molecule has 1 aromatic carbocycles. The van der Waals surface area contributed by atoms with Gasteiger partial charge in [-0.1, -0.05) is 12.1 Å². The molecule has 0 spiro atoms. The lowest BCUT2D eigenvalue weighted by molar-refractivity contribution is -0.117. The lowest BCUT2D eigenvalue weighted by atomic mass is 10.1. The Morgan fingerprint density at radius 1 is 1.27 bits per heavy atom. The standard InChI is InChI=1S/C17H21N5O3S/c1-10-16(11(2)21(3)19-10)26(24,25)20-12-8-15-17(23)18-13-6-4-5-7-14(13)22(15)9-12/h4-7,12,15,20H,8-9H2,1-3H3,(H,18,23). The number of sulfonamides is 1. The number of aromatic nitrogens is 2. The van der Waals surface area contributed by atoms with Gasteiger partial charge in [0.05, 0.1) is 22.8 Å². The van der Waals surface area contributed by atoms with Crippen LogP contribution in [-0.4, -0.2) is 42.7 Å². The van der Waals surface area contributed by atoms with E-state index in [0.717, 1.165) is 11.4 Å². The minimum atomic E-state index is -3.71. The summed E-state index contributed by atoms with van der Waals surface area (Å²) >= 11 is 0. The van der Waals surface area contributed by atoms with E-state index in [2.05, 4.69) is 15.1 Å². The molecule has 2 aliphatic heterocycles. The molecule has 0 aliphatic carbocycles. The van der Waals surface area contributed by atoms with Gasteiger partial charge in [0.1, 0.15) is 10.9 Å². The molecule has 2 unspecified atom stereocenters. The van der Waals surface area contributed by atoms with Gasteiger partial charge in [0.2, 0.25) is 15.9 Å². The first-order chi connectivity index (χ1) is 12.3. The van der Waals surface area contributed by atoms with E-state index in [1.807, 2.05) is 29.2 Å². The second-order valence-corrected chi connectivity index (χ2v) is 8.50. The number of nitrogens with one attached hydrogen (secondary N) is 2. The normalized spacial score (nSPS) is 22.1. The van der Waals surface area contributed by atoms with Crippen LogP contribution in [0.5, 0.6) is 0 Å². The number of rotatable bonds is 3. The van der Waals surface area contributed by atoms with Crippen LogP contribution in [-0.2, 0) is 21.9 Å². The van der Waals surface area contributed by atoms with Crippen molar-refractivity contribution in [1.29, 1.82) is 0 Å². The second-order valence-electron chi connectivity index (χ2n) is 6.85. The highest BCUT2D eigenvalue weighted by Crippen LogP contribution is 2.36. The molecule has 8 nitrogen and oxygen atoms in total. The molecular weight excluding hydrogens is 354 g/mol. The van der Waals surface area contributed by atoms with Crippen molar-refractivity contribution >= 4 is 27.3 Å². The van der Waals surface area contributed by atoms with Crippen LogP contribution < -0.4 is 14.9 Å². The fourth-order valence-corrected chi connectivity index (χ4v) is 5.58. The van der Waals surface area contributed by atoms with Crippen molar-refractivity contribution in [3.8, 4) is 0 Å². The summed E-state index contributed by atoms with van der Waals surface area (Å²) in [5.41, 5.74) is 2.74. The zero-order chi connectivity index (χ0) is 18.6. The lowest BCUT2D eigenvalue weighted by Crippen LogP contribution is -2.44. The smallest absolute Gasteiger partial charge is 0.247 e. The SMILES string of the molecule is Cc1nn(C)c(C)c1S(=O)(=O)NC1CC2C(=O)Nc3ccccc3N2C1. The van der Waals surface area contributed by atoms with E-state index in [-0.39, 0.29) is 22.9 Å². The third kappa shape index (κ3) is 2.58. The Labute approximate surface area is 152 Å². The molecule has 138 valence electrons. The molecule has 2 aliphatic rings. The van der Waals surface area contributed by atoms with Gasteiger partial charge in [0, 0.05) is 19.6 Å². The molecule has 1 aromatic heterocycles. The summed E-state index contributed by atoms with van der Waals surface area (Å²) in [6.07, 6.45) is 0.428. The number of hydrogen-bond acceptors (Lipinski definition) is 5. The minimum Gasteiger partial charge on any atom is -0.356 e. The van der Waals surface area contributed by atoms with Gasteiger partial charge in [-0.15, -0.1) is 0 Å². The predicted molar refractivity (Wildman–Crippen MR) is 97.6 cm³/mol. The second kappa shape index (κ2) is 5.82. The molecule has 26 heavy (non-hydrogen) atoms. The Balaban J connectivity index is 1.61. The fraction of sp³-hybridized carbons (Fsp3) is 0.412. The molecule has 3 heterocycles. The number of carbonyl (C=O) groups excluding carboxylic acids is 1. The molecule has 0 bridgehead atoms. The van der Waals surface area contributed by atoms with Gasteiger partial charge in [-0.25, -0.2) is 13.1 Å². The van der Waals surface area contributed by atoms with Crippen molar-refractivity contribution < 1.29 is 13.2 Å². The van der Waals surface area contributed by atoms with E-state index in [0.29, 0.717) is 24.4 Å². The highest BCUT2D eigenvalue weighted by atomic mass is 32.2. The fourth-order valence-electron chi connectivity index (χ4n) is 3.90. The molecule has 0 saturated carbocycles. The van der Waals surface area contributed by atoms with Crippen LogP contribution in [0.1, 0.15) is 17.8 Å². The summed E-state index contributed by atoms with van der Waals surface area (Å²) in [6, 6.07) is 6.85. The average molecular weight is 375 g/mol. The summed E-state index contributed by atoms with van der Waals surface area (Å²) in [5, 5.41) is 7.09. The van der Waals surface area contributed by atoms with E-state index in [1.54, 1.807) is 25.6 Å². The van der Waals surface area contributed by atoms with Crippen LogP contribution in [0.25, 0.3) is 0 Å². The molecule has 4 rings (SSSR count). The Morgan fingerprint density at radius 3 is 2.69 bits per heavy atom. The summed E-state index contributed by atoms with van der Waals surface area (Å²) in [4.78, 5) is 14.6. The van der Waals surface area contributed by atoms with Gasteiger partial charge >= 0.3 is 0 Å². The van der Waals surface area contributed by atoms with Crippen molar-refractivity contribution in [2.45, 2.75) is 37.2 Å². The predicted octanol–water partition coefficient (Wildman–Crippen LogP) is 0.915. The Bertz CT molecular complexity index is 998. The van der Waals surface area contributed by atoms with Crippen LogP contribution in [0.2, 0.25) is 0 Å². The highest BCUT2D eigenvalue weighted by Gasteiger charge is 2.42.